The van der Waals surface area contributed by atoms with E-state index in [0.717, 1.165) is 38.2 Å². The molecule has 0 aliphatic carbocycles. The molecule has 0 aliphatic heterocycles. The Hall–Kier alpha value is -1.06. The molecule has 0 radical (unpaired) electrons. The Balaban J connectivity index is 2.23. The summed E-state index contributed by atoms with van der Waals surface area (Å²) < 4.78 is 10.8. The van der Waals surface area contributed by atoms with Crippen molar-refractivity contribution in [3.63, 3.8) is 0 Å². The van der Waals surface area contributed by atoms with Crippen molar-refractivity contribution in [3.05, 3.63) is 29.8 Å². The van der Waals surface area contributed by atoms with Gasteiger partial charge in [0.1, 0.15) is 5.75 Å². The van der Waals surface area contributed by atoms with Gasteiger partial charge in [-0.3, -0.25) is 0 Å². The molecule has 0 saturated carbocycles. The molecule has 18 heavy (non-hydrogen) atoms. The third kappa shape index (κ3) is 6.62. The van der Waals surface area contributed by atoms with Gasteiger partial charge in [0.2, 0.25) is 0 Å². The monoisotopic (exact) mass is 252 g/mol. The standard InChI is InChI=1S/C15H24O3/c1-3-17-11-4-12-18-15-9-7-14(8-10-15)6-5-13(2)16/h7-10,13,16H,3-6,11-12H2,1-2H3. The summed E-state index contributed by atoms with van der Waals surface area (Å²) in [7, 11) is 0. The van der Waals surface area contributed by atoms with Gasteiger partial charge in [-0.25, -0.2) is 0 Å². The highest BCUT2D eigenvalue weighted by atomic mass is 16.5. The van der Waals surface area contributed by atoms with Crippen LogP contribution in [0.1, 0.15) is 32.3 Å². The molecule has 0 saturated heterocycles. The highest BCUT2D eigenvalue weighted by molar-refractivity contribution is 5.27. The second-order valence-electron chi connectivity index (χ2n) is 4.43. The normalized spacial score (nSPS) is 12.4. The third-order valence-corrected chi connectivity index (χ3v) is 2.68. The molecule has 1 N–H and O–H groups in total. The summed E-state index contributed by atoms with van der Waals surface area (Å²) in [5, 5.41) is 9.22. The van der Waals surface area contributed by atoms with Crippen molar-refractivity contribution in [3.8, 4) is 5.75 Å². The number of hydrogen-bond acceptors (Lipinski definition) is 3. The molecular formula is C15H24O3. The zero-order chi connectivity index (χ0) is 13.2. The molecule has 1 aromatic carbocycles. The Bertz CT molecular complexity index is 306. The van der Waals surface area contributed by atoms with E-state index in [-0.39, 0.29) is 6.10 Å². The minimum atomic E-state index is -0.237. The maximum atomic E-state index is 9.22. The Morgan fingerprint density at radius 1 is 1.17 bits per heavy atom. The fraction of sp³-hybridized carbons (Fsp3) is 0.600. The first-order chi connectivity index (χ1) is 8.72. The molecular weight excluding hydrogens is 228 g/mol. The van der Waals surface area contributed by atoms with Crippen molar-refractivity contribution in [2.45, 2.75) is 39.2 Å². The number of benzene rings is 1. The summed E-state index contributed by atoms with van der Waals surface area (Å²) in [5.74, 6) is 0.896. The summed E-state index contributed by atoms with van der Waals surface area (Å²) in [5.41, 5.74) is 1.23. The van der Waals surface area contributed by atoms with E-state index in [9.17, 15) is 5.11 Å². The highest BCUT2D eigenvalue weighted by Gasteiger charge is 1.99. The van der Waals surface area contributed by atoms with Crippen LogP contribution in [0, 0.1) is 0 Å². The topological polar surface area (TPSA) is 38.7 Å². The van der Waals surface area contributed by atoms with Gasteiger partial charge in [0.15, 0.2) is 0 Å². The van der Waals surface area contributed by atoms with Crippen LogP contribution in [0.2, 0.25) is 0 Å². The molecule has 1 aromatic rings. The first-order valence-corrected chi connectivity index (χ1v) is 6.70. The van der Waals surface area contributed by atoms with Crippen LogP contribution in [0.3, 0.4) is 0 Å². The first kappa shape index (κ1) is 15.0. The van der Waals surface area contributed by atoms with E-state index in [1.807, 2.05) is 26.0 Å². The molecule has 3 heteroatoms. The molecule has 0 bridgehead atoms. The van der Waals surface area contributed by atoms with Crippen LogP contribution in [0.4, 0.5) is 0 Å². The maximum absolute atomic E-state index is 9.22. The number of rotatable bonds is 9. The molecule has 0 amide bonds. The van der Waals surface area contributed by atoms with Crippen molar-refractivity contribution in [1.29, 1.82) is 0 Å². The molecule has 1 atom stereocenters. The van der Waals surface area contributed by atoms with Crippen LogP contribution in [-0.4, -0.2) is 31.0 Å². The molecule has 0 aromatic heterocycles. The molecule has 3 nitrogen and oxygen atoms in total. The molecule has 0 aliphatic rings. The molecule has 0 heterocycles. The number of ether oxygens (including phenoxy) is 2. The van der Waals surface area contributed by atoms with Crippen molar-refractivity contribution in [2.24, 2.45) is 0 Å². The molecule has 0 fully saturated rings. The average molecular weight is 252 g/mol. The van der Waals surface area contributed by atoms with E-state index in [2.05, 4.69) is 12.1 Å². The summed E-state index contributed by atoms with van der Waals surface area (Å²) in [4.78, 5) is 0. The van der Waals surface area contributed by atoms with Gasteiger partial charge in [0.05, 0.1) is 12.7 Å². The average Bonchev–Trinajstić information content (AvgIpc) is 2.37. The van der Waals surface area contributed by atoms with Gasteiger partial charge in [-0.2, -0.15) is 0 Å². The van der Waals surface area contributed by atoms with Gasteiger partial charge in [-0.15, -0.1) is 0 Å². The molecule has 102 valence electrons. The lowest BCUT2D eigenvalue weighted by molar-refractivity contribution is 0.131. The lowest BCUT2D eigenvalue weighted by atomic mass is 10.1. The quantitative estimate of drug-likeness (QED) is 0.687. The number of aliphatic hydroxyl groups is 1. The summed E-state index contributed by atoms with van der Waals surface area (Å²) in [6.45, 7) is 6.01. The van der Waals surface area contributed by atoms with E-state index in [0.29, 0.717) is 6.61 Å². The van der Waals surface area contributed by atoms with Crippen LogP contribution >= 0.6 is 0 Å². The lowest BCUT2D eigenvalue weighted by Crippen LogP contribution is -2.03. The summed E-state index contributed by atoms with van der Waals surface area (Å²) in [6, 6.07) is 8.08. The van der Waals surface area contributed by atoms with Crippen LogP contribution in [0.25, 0.3) is 0 Å². The van der Waals surface area contributed by atoms with Crippen molar-refractivity contribution < 1.29 is 14.6 Å². The summed E-state index contributed by atoms with van der Waals surface area (Å²) in [6.07, 6.45) is 2.38. The first-order valence-electron chi connectivity index (χ1n) is 6.70. The number of hydrogen-bond donors (Lipinski definition) is 1. The SMILES string of the molecule is CCOCCCOc1ccc(CCC(C)O)cc1. The Morgan fingerprint density at radius 2 is 1.89 bits per heavy atom. The van der Waals surface area contributed by atoms with Crippen LogP contribution in [-0.2, 0) is 11.2 Å². The smallest absolute Gasteiger partial charge is 0.119 e. The zero-order valence-corrected chi connectivity index (χ0v) is 11.4. The van der Waals surface area contributed by atoms with Crippen LogP contribution in [0.15, 0.2) is 24.3 Å². The van der Waals surface area contributed by atoms with E-state index in [1.165, 1.54) is 5.56 Å². The minimum Gasteiger partial charge on any atom is -0.494 e. The van der Waals surface area contributed by atoms with E-state index in [1.54, 1.807) is 0 Å². The lowest BCUT2D eigenvalue weighted by Gasteiger charge is -2.08. The predicted octanol–water partition coefficient (Wildman–Crippen LogP) is 2.81. The highest BCUT2D eigenvalue weighted by Crippen LogP contribution is 2.14. The van der Waals surface area contributed by atoms with Gasteiger partial charge in [-0.1, -0.05) is 12.1 Å². The fourth-order valence-electron chi connectivity index (χ4n) is 1.62. The molecule has 1 unspecified atom stereocenters. The van der Waals surface area contributed by atoms with Crippen molar-refractivity contribution >= 4 is 0 Å². The minimum absolute atomic E-state index is 0.237. The van der Waals surface area contributed by atoms with Crippen LogP contribution in [0.5, 0.6) is 5.75 Å². The van der Waals surface area contributed by atoms with Gasteiger partial charge in [0, 0.05) is 19.6 Å². The van der Waals surface area contributed by atoms with Gasteiger partial charge in [-0.05, 0) is 44.4 Å². The van der Waals surface area contributed by atoms with Gasteiger partial charge >= 0.3 is 0 Å². The number of aliphatic hydroxyl groups excluding tert-OH is 1. The Morgan fingerprint density at radius 3 is 2.50 bits per heavy atom. The third-order valence-electron chi connectivity index (χ3n) is 2.68. The molecule has 0 spiro atoms. The largest absolute Gasteiger partial charge is 0.494 e. The Labute approximate surface area is 110 Å². The zero-order valence-electron chi connectivity index (χ0n) is 11.4. The second kappa shape index (κ2) is 8.95. The van der Waals surface area contributed by atoms with Crippen molar-refractivity contribution in [2.75, 3.05) is 19.8 Å². The van der Waals surface area contributed by atoms with E-state index < -0.39 is 0 Å². The van der Waals surface area contributed by atoms with Gasteiger partial charge in [0.25, 0.3) is 0 Å². The number of aryl methyl sites for hydroxylation is 1. The maximum Gasteiger partial charge on any atom is 0.119 e. The van der Waals surface area contributed by atoms with Gasteiger partial charge < -0.3 is 14.6 Å². The Kier molecular flexibility index (Phi) is 7.46. The molecule has 1 rings (SSSR count). The van der Waals surface area contributed by atoms with Crippen LogP contribution < -0.4 is 4.74 Å². The van der Waals surface area contributed by atoms with E-state index >= 15 is 0 Å². The van der Waals surface area contributed by atoms with E-state index in [4.69, 9.17) is 9.47 Å². The predicted molar refractivity (Wildman–Crippen MR) is 73.0 cm³/mol. The summed E-state index contributed by atoms with van der Waals surface area (Å²) >= 11 is 0. The fourth-order valence-corrected chi connectivity index (χ4v) is 1.62. The van der Waals surface area contributed by atoms with Crippen molar-refractivity contribution in [1.82, 2.24) is 0 Å². The second-order valence-corrected chi connectivity index (χ2v) is 4.43.